The molecule has 8 heteroatoms. The molecule has 0 bridgehead atoms. The summed E-state index contributed by atoms with van der Waals surface area (Å²) < 4.78 is 24.8. The lowest BCUT2D eigenvalue weighted by Crippen LogP contribution is -2.17. The molecule has 5 nitrogen and oxygen atoms in total. The number of hydrogen-bond donors (Lipinski definition) is 1. The summed E-state index contributed by atoms with van der Waals surface area (Å²) >= 11 is 2.89. The summed E-state index contributed by atoms with van der Waals surface area (Å²) in [7, 11) is 0. The van der Waals surface area contributed by atoms with Gasteiger partial charge in [0.1, 0.15) is 5.56 Å². The minimum Gasteiger partial charge on any atom is -0.358 e. The highest BCUT2D eigenvalue weighted by atomic mass is 79.9. The van der Waals surface area contributed by atoms with Crippen molar-refractivity contribution in [3.05, 3.63) is 37.7 Å². The topological polar surface area (TPSA) is 76.0 Å². The molecule has 0 aliphatic carbocycles. The highest BCUT2D eigenvalue weighted by molar-refractivity contribution is 9.08. The third kappa shape index (κ3) is 2.38. The fourth-order valence-corrected chi connectivity index (χ4v) is 1.52. The zero-order valence-electron chi connectivity index (χ0n) is 7.17. The van der Waals surface area contributed by atoms with Crippen molar-refractivity contribution in [2.45, 2.75) is 11.8 Å². The quantitative estimate of drug-likeness (QED) is 0.524. The van der Waals surface area contributed by atoms with Crippen LogP contribution in [0.25, 0.3) is 0 Å². The minimum absolute atomic E-state index is 0.0442. The van der Waals surface area contributed by atoms with E-state index < -0.39 is 28.3 Å². The molecule has 0 spiro atoms. The van der Waals surface area contributed by atoms with Crippen molar-refractivity contribution in [2.75, 3.05) is 0 Å². The van der Waals surface area contributed by atoms with Crippen LogP contribution in [0.5, 0.6) is 0 Å². The predicted molar refractivity (Wildman–Crippen MR) is 51.3 cm³/mol. The summed E-state index contributed by atoms with van der Waals surface area (Å²) in [6.07, 6.45) is -2.96. The fourth-order valence-electron chi connectivity index (χ4n) is 1.06. The lowest BCUT2D eigenvalue weighted by molar-refractivity contribution is -0.389. The Kier molecular flexibility index (Phi) is 3.51. The lowest BCUT2D eigenvalue weighted by Gasteiger charge is -2.03. The Morgan fingerprint density at radius 2 is 2.20 bits per heavy atom. The molecule has 0 aromatic carbocycles. The maximum atomic E-state index is 12.4. The lowest BCUT2D eigenvalue weighted by atomic mass is 10.1. The van der Waals surface area contributed by atoms with Gasteiger partial charge in [0.25, 0.3) is 6.43 Å². The Balaban J connectivity index is 3.44. The minimum atomic E-state index is -2.96. The Bertz CT molecular complexity index is 446. The van der Waals surface area contributed by atoms with Gasteiger partial charge in [-0.15, -0.1) is 0 Å². The van der Waals surface area contributed by atoms with Crippen LogP contribution in [-0.2, 0) is 5.33 Å². The summed E-state index contributed by atoms with van der Waals surface area (Å²) in [5.41, 5.74) is -1.95. The fraction of sp³-hybridized carbons (Fsp3) is 0.286. The average Bonchev–Trinajstić information content (AvgIpc) is 2.15. The maximum absolute atomic E-state index is 12.4. The van der Waals surface area contributed by atoms with E-state index in [1.165, 1.54) is 0 Å². The molecule has 82 valence electrons. The zero-order valence-corrected chi connectivity index (χ0v) is 8.75. The van der Waals surface area contributed by atoms with E-state index in [0.717, 1.165) is 6.07 Å². The third-order valence-corrected chi connectivity index (χ3v) is 2.31. The summed E-state index contributed by atoms with van der Waals surface area (Å²) in [5.74, 6) is -0.598. The van der Waals surface area contributed by atoms with Gasteiger partial charge < -0.3 is 10.1 Å². The number of hydrogen-bond acceptors (Lipinski definition) is 3. The molecule has 0 unspecified atom stereocenters. The SMILES string of the molecule is O=c1[nH]c([N+](=O)[O-])cc(CBr)c1C(F)F. The van der Waals surface area contributed by atoms with Gasteiger partial charge in [0, 0.05) is 11.4 Å². The molecule has 1 aromatic rings. The van der Waals surface area contributed by atoms with Gasteiger partial charge in [0.2, 0.25) is 0 Å². The van der Waals surface area contributed by atoms with Gasteiger partial charge >= 0.3 is 11.4 Å². The summed E-state index contributed by atoms with van der Waals surface area (Å²) in [4.78, 5) is 22.4. The van der Waals surface area contributed by atoms with Gasteiger partial charge in [-0.05, 0) is 10.5 Å². The Labute approximate surface area is 90.4 Å². The number of aromatic amines is 1. The number of nitro groups is 1. The van der Waals surface area contributed by atoms with Crippen LogP contribution in [-0.4, -0.2) is 9.91 Å². The monoisotopic (exact) mass is 282 g/mol. The number of aromatic nitrogens is 1. The molecule has 0 amide bonds. The van der Waals surface area contributed by atoms with E-state index in [4.69, 9.17) is 0 Å². The molecule has 0 atom stereocenters. The highest BCUT2D eigenvalue weighted by Crippen LogP contribution is 2.23. The van der Waals surface area contributed by atoms with Crippen molar-refractivity contribution in [3.63, 3.8) is 0 Å². The number of rotatable bonds is 3. The Hall–Kier alpha value is -1.31. The highest BCUT2D eigenvalue weighted by Gasteiger charge is 2.22. The van der Waals surface area contributed by atoms with Crippen molar-refractivity contribution < 1.29 is 13.7 Å². The van der Waals surface area contributed by atoms with Gasteiger partial charge in [0.15, 0.2) is 0 Å². The zero-order chi connectivity index (χ0) is 11.6. The van der Waals surface area contributed by atoms with Crippen LogP contribution in [0.2, 0.25) is 0 Å². The second kappa shape index (κ2) is 4.47. The van der Waals surface area contributed by atoms with E-state index >= 15 is 0 Å². The number of alkyl halides is 3. The first-order chi connectivity index (χ1) is 6.97. The molecule has 1 N–H and O–H groups in total. The van der Waals surface area contributed by atoms with Crippen LogP contribution in [0.15, 0.2) is 10.9 Å². The molecule has 1 aromatic heterocycles. The van der Waals surface area contributed by atoms with E-state index in [0.29, 0.717) is 0 Å². The van der Waals surface area contributed by atoms with Gasteiger partial charge in [-0.3, -0.25) is 0 Å². The summed E-state index contributed by atoms with van der Waals surface area (Å²) in [5, 5.41) is 10.3. The Morgan fingerprint density at radius 1 is 1.60 bits per heavy atom. The summed E-state index contributed by atoms with van der Waals surface area (Å²) in [6, 6.07) is 0.914. The first-order valence-corrected chi connectivity index (χ1v) is 4.84. The molecule has 0 aliphatic heterocycles. The van der Waals surface area contributed by atoms with Crippen molar-refractivity contribution in [1.29, 1.82) is 0 Å². The molecule has 1 heterocycles. The van der Waals surface area contributed by atoms with Crippen molar-refractivity contribution in [3.8, 4) is 0 Å². The van der Waals surface area contributed by atoms with Crippen molar-refractivity contribution in [2.24, 2.45) is 0 Å². The number of H-pyrrole nitrogens is 1. The van der Waals surface area contributed by atoms with Crippen LogP contribution < -0.4 is 5.56 Å². The molecular formula is C7H5BrF2N2O3. The van der Waals surface area contributed by atoms with Gasteiger partial charge in [-0.1, -0.05) is 15.9 Å². The second-order valence-electron chi connectivity index (χ2n) is 2.61. The third-order valence-electron chi connectivity index (χ3n) is 1.70. The number of pyridine rings is 1. The van der Waals surface area contributed by atoms with E-state index in [9.17, 15) is 23.7 Å². The van der Waals surface area contributed by atoms with Crippen LogP contribution in [0, 0.1) is 10.1 Å². The van der Waals surface area contributed by atoms with Crippen LogP contribution in [0.4, 0.5) is 14.6 Å². The largest absolute Gasteiger partial charge is 0.358 e. The second-order valence-corrected chi connectivity index (χ2v) is 3.17. The molecule has 0 fully saturated rings. The van der Waals surface area contributed by atoms with Gasteiger partial charge in [0.05, 0.1) is 0 Å². The first kappa shape index (κ1) is 11.8. The normalized spacial score (nSPS) is 10.7. The molecule has 15 heavy (non-hydrogen) atoms. The molecule has 0 aliphatic rings. The molecule has 0 radical (unpaired) electrons. The summed E-state index contributed by atoms with van der Waals surface area (Å²) in [6.45, 7) is 0. The standard InChI is InChI=1S/C7H5BrF2N2O3/c8-2-3-1-4(12(14)15)11-7(13)5(3)6(9)10/h1,6H,2H2,(H,11,13). The van der Waals surface area contributed by atoms with Crippen LogP contribution in [0.3, 0.4) is 0 Å². The maximum Gasteiger partial charge on any atom is 0.341 e. The smallest absolute Gasteiger partial charge is 0.341 e. The first-order valence-electron chi connectivity index (χ1n) is 3.72. The van der Waals surface area contributed by atoms with Gasteiger partial charge in [-0.25, -0.2) is 18.6 Å². The molecule has 1 rings (SSSR count). The molecule has 0 saturated carbocycles. The number of halogens is 3. The van der Waals surface area contributed by atoms with Gasteiger partial charge in [-0.2, -0.15) is 0 Å². The average molecular weight is 283 g/mol. The molecular weight excluding hydrogens is 278 g/mol. The number of nitrogens with one attached hydrogen (secondary N) is 1. The van der Waals surface area contributed by atoms with Crippen molar-refractivity contribution in [1.82, 2.24) is 4.98 Å². The van der Waals surface area contributed by atoms with E-state index in [2.05, 4.69) is 15.9 Å². The molecule has 0 saturated heterocycles. The van der Waals surface area contributed by atoms with Crippen molar-refractivity contribution >= 4 is 21.7 Å². The van der Waals surface area contributed by atoms with E-state index in [1.807, 2.05) is 0 Å². The predicted octanol–water partition coefficient (Wildman–Crippen LogP) is 2.12. The number of nitrogens with zero attached hydrogens (tertiary/aromatic N) is 1. The van der Waals surface area contributed by atoms with E-state index in [1.54, 1.807) is 4.98 Å². The van der Waals surface area contributed by atoms with Crippen LogP contribution in [0.1, 0.15) is 17.6 Å². The van der Waals surface area contributed by atoms with Crippen LogP contribution >= 0.6 is 15.9 Å². The van der Waals surface area contributed by atoms with E-state index in [-0.39, 0.29) is 10.9 Å². The Morgan fingerprint density at radius 3 is 2.60 bits per heavy atom.